The Bertz CT molecular complexity index is 1050. The molecule has 8 nitrogen and oxygen atoms in total. The Balaban J connectivity index is 1.33. The highest BCUT2D eigenvalue weighted by Crippen LogP contribution is 2.44. The van der Waals surface area contributed by atoms with E-state index in [0.29, 0.717) is 39.1 Å². The molecule has 2 aromatic carbocycles. The van der Waals surface area contributed by atoms with Crippen LogP contribution in [-0.2, 0) is 14.3 Å². The van der Waals surface area contributed by atoms with Gasteiger partial charge in [-0.2, -0.15) is 0 Å². The molecule has 2 aromatic rings. The number of carboxylic acid groups (broad SMARTS) is 1. The van der Waals surface area contributed by atoms with Crippen LogP contribution < -0.4 is 5.32 Å². The molecule has 0 bridgehead atoms. The lowest BCUT2D eigenvalue weighted by Crippen LogP contribution is -2.55. The summed E-state index contributed by atoms with van der Waals surface area (Å²) in [7, 11) is 0. The Morgan fingerprint density at radius 1 is 1.03 bits per heavy atom. The van der Waals surface area contributed by atoms with Crippen LogP contribution in [0.25, 0.3) is 11.1 Å². The smallest absolute Gasteiger partial charge is 0.407 e. The maximum Gasteiger partial charge on any atom is 0.407 e. The van der Waals surface area contributed by atoms with Gasteiger partial charge in [-0.3, -0.25) is 14.5 Å². The molecule has 4 rings (SSSR count). The maximum atomic E-state index is 13.1. The molecule has 35 heavy (non-hydrogen) atoms. The second kappa shape index (κ2) is 11.2. The van der Waals surface area contributed by atoms with E-state index >= 15 is 0 Å². The molecule has 1 unspecified atom stereocenters. The van der Waals surface area contributed by atoms with Crippen LogP contribution in [0.2, 0.25) is 0 Å². The molecular formula is C27H31N3O5. The zero-order chi connectivity index (χ0) is 24.8. The van der Waals surface area contributed by atoms with Crippen LogP contribution in [0.5, 0.6) is 0 Å². The summed E-state index contributed by atoms with van der Waals surface area (Å²) < 4.78 is 5.61. The van der Waals surface area contributed by atoms with Gasteiger partial charge in [-0.1, -0.05) is 54.6 Å². The molecule has 1 fully saturated rings. The standard InChI is InChI=1S/C27H31N3O5/c1-2-7-24(26(33)30-16-14-29(15-17-30)13-12-25(31)32)28-27(34)35-18-23-21-10-5-3-8-19(21)20-9-4-6-11-22(20)23/h2-6,8-11,23-24H,1,7,12-18H2,(H,28,34)(H,31,32). The van der Waals surface area contributed by atoms with Gasteiger partial charge in [-0.25, -0.2) is 4.79 Å². The average molecular weight is 478 g/mol. The summed E-state index contributed by atoms with van der Waals surface area (Å²) in [6, 6.07) is 15.5. The number of piperazine rings is 1. The zero-order valence-electron chi connectivity index (χ0n) is 19.7. The minimum absolute atomic E-state index is 0.0550. The van der Waals surface area contributed by atoms with E-state index in [-0.39, 0.29) is 24.9 Å². The molecule has 184 valence electrons. The van der Waals surface area contributed by atoms with Gasteiger partial charge in [0.25, 0.3) is 0 Å². The Morgan fingerprint density at radius 2 is 1.63 bits per heavy atom. The number of rotatable bonds is 9. The highest BCUT2D eigenvalue weighted by molar-refractivity contribution is 5.86. The summed E-state index contributed by atoms with van der Waals surface area (Å²) in [5.74, 6) is -1.07. The molecule has 1 heterocycles. The molecule has 2 amide bonds. The van der Waals surface area contributed by atoms with Crippen molar-refractivity contribution >= 4 is 18.0 Å². The molecule has 0 saturated carbocycles. The van der Waals surface area contributed by atoms with Crippen LogP contribution in [0.15, 0.2) is 61.2 Å². The molecular weight excluding hydrogens is 446 g/mol. The predicted molar refractivity (Wildman–Crippen MR) is 132 cm³/mol. The van der Waals surface area contributed by atoms with Crippen molar-refractivity contribution in [3.05, 3.63) is 72.3 Å². The van der Waals surface area contributed by atoms with Gasteiger partial charge in [-0.15, -0.1) is 6.58 Å². The van der Waals surface area contributed by atoms with Crippen LogP contribution >= 0.6 is 0 Å². The van der Waals surface area contributed by atoms with Crippen LogP contribution in [0.3, 0.4) is 0 Å². The van der Waals surface area contributed by atoms with Crippen molar-refractivity contribution in [1.29, 1.82) is 0 Å². The lowest BCUT2D eigenvalue weighted by Gasteiger charge is -2.36. The second-order valence-electron chi connectivity index (χ2n) is 8.86. The minimum atomic E-state index is -0.832. The van der Waals surface area contributed by atoms with E-state index in [1.165, 1.54) is 0 Å². The number of nitrogens with one attached hydrogen (secondary N) is 1. The van der Waals surface area contributed by atoms with Gasteiger partial charge < -0.3 is 20.1 Å². The maximum absolute atomic E-state index is 13.1. The van der Waals surface area contributed by atoms with E-state index < -0.39 is 18.1 Å². The zero-order valence-corrected chi connectivity index (χ0v) is 19.7. The fourth-order valence-electron chi connectivity index (χ4n) is 4.84. The molecule has 1 aliphatic heterocycles. The van der Waals surface area contributed by atoms with Crippen molar-refractivity contribution in [2.45, 2.75) is 24.8 Å². The van der Waals surface area contributed by atoms with Crippen molar-refractivity contribution in [3.8, 4) is 11.1 Å². The lowest BCUT2D eigenvalue weighted by atomic mass is 9.98. The van der Waals surface area contributed by atoms with Gasteiger partial charge in [0.05, 0.1) is 6.42 Å². The van der Waals surface area contributed by atoms with E-state index in [4.69, 9.17) is 9.84 Å². The number of amides is 2. The first-order chi connectivity index (χ1) is 17.0. The summed E-state index contributed by atoms with van der Waals surface area (Å²) in [4.78, 5) is 40.3. The third kappa shape index (κ3) is 5.71. The average Bonchev–Trinajstić information content (AvgIpc) is 3.19. The van der Waals surface area contributed by atoms with Crippen molar-refractivity contribution in [3.63, 3.8) is 0 Å². The topological polar surface area (TPSA) is 99.2 Å². The monoisotopic (exact) mass is 477 g/mol. The normalized spacial score (nSPS) is 16.2. The predicted octanol–water partition coefficient (Wildman–Crippen LogP) is 3.09. The molecule has 1 atom stereocenters. The summed E-state index contributed by atoms with van der Waals surface area (Å²) in [6.45, 7) is 6.54. The first kappa shape index (κ1) is 24.5. The van der Waals surface area contributed by atoms with Crippen molar-refractivity contribution in [2.24, 2.45) is 0 Å². The third-order valence-electron chi connectivity index (χ3n) is 6.66. The van der Waals surface area contributed by atoms with E-state index in [9.17, 15) is 14.4 Å². The van der Waals surface area contributed by atoms with E-state index in [1.807, 2.05) is 29.2 Å². The molecule has 2 N–H and O–H groups in total. The van der Waals surface area contributed by atoms with Gasteiger partial charge in [0.15, 0.2) is 0 Å². The van der Waals surface area contributed by atoms with Gasteiger partial charge in [0.1, 0.15) is 12.6 Å². The molecule has 0 spiro atoms. The van der Waals surface area contributed by atoms with Gasteiger partial charge >= 0.3 is 12.1 Å². The van der Waals surface area contributed by atoms with Gasteiger partial charge in [-0.05, 0) is 28.7 Å². The Morgan fingerprint density at radius 3 is 2.20 bits per heavy atom. The highest BCUT2D eigenvalue weighted by Gasteiger charge is 2.31. The minimum Gasteiger partial charge on any atom is -0.481 e. The van der Waals surface area contributed by atoms with Crippen molar-refractivity contribution in [2.75, 3.05) is 39.3 Å². The summed E-state index contributed by atoms with van der Waals surface area (Å²) in [5.41, 5.74) is 4.56. The summed E-state index contributed by atoms with van der Waals surface area (Å²) in [6.07, 6.45) is 1.35. The number of carbonyl (C=O) groups is 3. The number of ether oxygens (including phenoxy) is 1. The van der Waals surface area contributed by atoms with E-state index in [1.54, 1.807) is 11.0 Å². The number of hydrogen-bond donors (Lipinski definition) is 2. The Labute approximate surface area is 205 Å². The molecule has 8 heteroatoms. The fourth-order valence-corrected chi connectivity index (χ4v) is 4.84. The number of hydrogen-bond acceptors (Lipinski definition) is 5. The Hall–Kier alpha value is -3.65. The molecule has 1 saturated heterocycles. The first-order valence-corrected chi connectivity index (χ1v) is 11.9. The summed E-state index contributed by atoms with van der Waals surface area (Å²) in [5, 5.41) is 11.6. The fraction of sp³-hybridized carbons (Fsp3) is 0.370. The summed E-state index contributed by atoms with van der Waals surface area (Å²) >= 11 is 0. The van der Waals surface area contributed by atoms with Gasteiger partial charge in [0.2, 0.25) is 5.91 Å². The van der Waals surface area contributed by atoms with E-state index in [0.717, 1.165) is 22.3 Å². The van der Waals surface area contributed by atoms with E-state index in [2.05, 4.69) is 36.2 Å². The highest BCUT2D eigenvalue weighted by atomic mass is 16.5. The molecule has 0 aromatic heterocycles. The number of aliphatic carboxylic acids is 1. The number of alkyl carbamates (subject to hydrolysis) is 1. The molecule has 2 aliphatic rings. The molecule has 0 radical (unpaired) electrons. The van der Waals surface area contributed by atoms with Crippen LogP contribution in [0.1, 0.15) is 29.9 Å². The number of fused-ring (bicyclic) bond motifs is 3. The lowest BCUT2D eigenvalue weighted by molar-refractivity contribution is -0.138. The molecule has 1 aliphatic carbocycles. The van der Waals surface area contributed by atoms with Crippen molar-refractivity contribution in [1.82, 2.24) is 15.1 Å². The first-order valence-electron chi connectivity index (χ1n) is 11.9. The third-order valence-corrected chi connectivity index (χ3v) is 6.66. The van der Waals surface area contributed by atoms with Crippen molar-refractivity contribution < 1.29 is 24.2 Å². The van der Waals surface area contributed by atoms with Crippen LogP contribution in [-0.4, -0.2) is 78.2 Å². The Kier molecular flexibility index (Phi) is 7.82. The second-order valence-corrected chi connectivity index (χ2v) is 8.86. The van der Waals surface area contributed by atoms with Gasteiger partial charge in [0, 0.05) is 38.6 Å². The number of carbonyl (C=O) groups excluding carboxylic acids is 2. The quantitative estimate of drug-likeness (QED) is 0.539. The van der Waals surface area contributed by atoms with Crippen LogP contribution in [0, 0.1) is 0 Å². The number of nitrogens with zero attached hydrogens (tertiary/aromatic N) is 2. The number of benzene rings is 2. The SMILES string of the molecule is C=CCC(NC(=O)OCC1c2ccccc2-c2ccccc21)C(=O)N1CCN(CCC(=O)O)CC1. The van der Waals surface area contributed by atoms with Crippen LogP contribution in [0.4, 0.5) is 4.79 Å². The largest absolute Gasteiger partial charge is 0.481 e. The number of carboxylic acids is 1.